The Morgan fingerprint density at radius 1 is 1.54 bits per heavy atom. The zero-order valence-corrected chi connectivity index (χ0v) is 15.4. The van der Waals surface area contributed by atoms with Crippen LogP contribution in [0.3, 0.4) is 0 Å². The van der Waals surface area contributed by atoms with E-state index >= 15 is 0 Å². The standard InChI is InChI=1S/C16H23N3O6S/c1-4-10-8-19(14-12(21)11(20)9(3)25-14)15(22)17-13(10)18-16(23)24-6-7-26-5-2/h4,8-9,11-12,14,20-21H,1,5-7H2,2-3H3,(H,17,18,22,23)/t9-,11?,12?,14-/m1/s1. The summed E-state index contributed by atoms with van der Waals surface area (Å²) >= 11 is 1.63. The molecule has 1 aromatic heterocycles. The molecule has 0 spiro atoms. The Hall–Kier alpha value is -1.88. The third kappa shape index (κ3) is 4.64. The maximum Gasteiger partial charge on any atom is 0.412 e. The number of thioether (sulfide) groups is 1. The van der Waals surface area contributed by atoms with Gasteiger partial charge in [0.2, 0.25) is 0 Å². The van der Waals surface area contributed by atoms with Crippen molar-refractivity contribution < 1.29 is 24.5 Å². The molecule has 2 unspecified atom stereocenters. The first-order valence-corrected chi connectivity index (χ1v) is 9.33. The number of aliphatic hydroxyl groups is 2. The number of aliphatic hydroxyl groups excluding tert-OH is 2. The lowest BCUT2D eigenvalue weighted by molar-refractivity contribution is -0.0350. The summed E-state index contributed by atoms with van der Waals surface area (Å²) in [5.41, 5.74) is -0.410. The number of anilines is 1. The topological polar surface area (TPSA) is 123 Å². The molecule has 0 aromatic carbocycles. The maximum atomic E-state index is 12.3. The Morgan fingerprint density at radius 3 is 2.85 bits per heavy atom. The van der Waals surface area contributed by atoms with E-state index in [0.29, 0.717) is 11.3 Å². The molecule has 0 aliphatic carbocycles. The first-order valence-electron chi connectivity index (χ1n) is 8.17. The summed E-state index contributed by atoms with van der Waals surface area (Å²) < 4.78 is 11.5. The van der Waals surface area contributed by atoms with E-state index in [2.05, 4.69) is 16.9 Å². The Kier molecular flexibility index (Phi) is 7.21. The molecular formula is C16H23N3O6S. The van der Waals surface area contributed by atoms with Crippen LogP contribution in [0.5, 0.6) is 0 Å². The lowest BCUT2D eigenvalue weighted by Gasteiger charge is -2.18. The Bertz CT molecular complexity index is 710. The van der Waals surface area contributed by atoms with Gasteiger partial charge in [-0.25, -0.2) is 9.59 Å². The summed E-state index contributed by atoms with van der Waals surface area (Å²) in [7, 11) is 0. The van der Waals surface area contributed by atoms with Gasteiger partial charge in [0.05, 0.1) is 6.10 Å². The average molecular weight is 385 g/mol. The molecule has 2 rings (SSSR count). The van der Waals surface area contributed by atoms with Crippen molar-refractivity contribution in [1.29, 1.82) is 0 Å². The molecule has 0 saturated carbocycles. The van der Waals surface area contributed by atoms with Crippen LogP contribution in [0.25, 0.3) is 6.08 Å². The van der Waals surface area contributed by atoms with Crippen molar-refractivity contribution in [2.45, 2.75) is 38.4 Å². The smallest absolute Gasteiger partial charge is 0.412 e. The van der Waals surface area contributed by atoms with Crippen LogP contribution in [0, 0.1) is 0 Å². The highest BCUT2D eigenvalue weighted by molar-refractivity contribution is 7.99. The van der Waals surface area contributed by atoms with Gasteiger partial charge in [0.1, 0.15) is 24.6 Å². The fraction of sp³-hybridized carbons (Fsp3) is 0.562. The second-order valence-electron chi connectivity index (χ2n) is 5.61. The summed E-state index contributed by atoms with van der Waals surface area (Å²) in [6.07, 6.45) is -2.09. The second-order valence-corrected chi connectivity index (χ2v) is 7.00. The average Bonchev–Trinajstić information content (AvgIpc) is 2.86. The van der Waals surface area contributed by atoms with Crippen molar-refractivity contribution >= 4 is 29.7 Å². The number of ether oxygens (including phenoxy) is 2. The number of rotatable bonds is 7. The van der Waals surface area contributed by atoms with Crippen LogP contribution >= 0.6 is 11.8 Å². The van der Waals surface area contributed by atoms with E-state index in [9.17, 15) is 19.8 Å². The first kappa shape index (κ1) is 20.4. The zero-order valence-electron chi connectivity index (χ0n) is 14.6. The molecule has 1 aliphatic rings. The first-order chi connectivity index (χ1) is 12.4. The van der Waals surface area contributed by atoms with Crippen molar-refractivity contribution in [3.63, 3.8) is 0 Å². The largest absolute Gasteiger partial charge is 0.448 e. The van der Waals surface area contributed by atoms with Gasteiger partial charge >= 0.3 is 11.8 Å². The quantitative estimate of drug-likeness (QED) is 0.590. The van der Waals surface area contributed by atoms with Crippen molar-refractivity contribution in [2.75, 3.05) is 23.4 Å². The Morgan fingerprint density at radius 2 is 2.27 bits per heavy atom. The minimum atomic E-state index is -1.28. The number of carbonyl (C=O) groups excluding carboxylic acids is 1. The van der Waals surface area contributed by atoms with Gasteiger partial charge in [0.25, 0.3) is 0 Å². The number of carbonyl (C=O) groups is 1. The van der Waals surface area contributed by atoms with Gasteiger partial charge in [-0.15, -0.1) is 0 Å². The highest BCUT2D eigenvalue weighted by atomic mass is 32.2. The van der Waals surface area contributed by atoms with E-state index in [1.807, 2.05) is 6.92 Å². The fourth-order valence-electron chi connectivity index (χ4n) is 2.44. The van der Waals surface area contributed by atoms with E-state index in [0.717, 1.165) is 10.3 Å². The van der Waals surface area contributed by atoms with Crippen molar-refractivity contribution in [3.05, 3.63) is 28.8 Å². The summed E-state index contributed by atoms with van der Waals surface area (Å²) in [5, 5.41) is 22.3. The van der Waals surface area contributed by atoms with E-state index in [-0.39, 0.29) is 12.4 Å². The van der Waals surface area contributed by atoms with E-state index in [1.54, 1.807) is 18.7 Å². The van der Waals surface area contributed by atoms with E-state index in [1.165, 1.54) is 12.3 Å². The number of aromatic nitrogens is 2. The zero-order chi connectivity index (χ0) is 19.3. The number of hydrogen-bond acceptors (Lipinski definition) is 8. The van der Waals surface area contributed by atoms with Gasteiger partial charge in [-0.1, -0.05) is 19.6 Å². The van der Waals surface area contributed by atoms with E-state index in [4.69, 9.17) is 9.47 Å². The van der Waals surface area contributed by atoms with Gasteiger partial charge in [-0.2, -0.15) is 16.7 Å². The molecule has 2 heterocycles. The molecule has 144 valence electrons. The lowest BCUT2D eigenvalue weighted by Crippen LogP contribution is -2.36. The number of amides is 1. The molecule has 1 fully saturated rings. The molecule has 3 N–H and O–H groups in total. The highest BCUT2D eigenvalue weighted by Crippen LogP contribution is 2.28. The van der Waals surface area contributed by atoms with Gasteiger partial charge in [-0.05, 0) is 12.7 Å². The molecular weight excluding hydrogens is 362 g/mol. The third-order valence-electron chi connectivity index (χ3n) is 3.84. The molecule has 1 aromatic rings. The van der Waals surface area contributed by atoms with Crippen LogP contribution in [-0.2, 0) is 9.47 Å². The normalized spacial score (nSPS) is 25.1. The van der Waals surface area contributed by atoms with Crippen molar-refractivity contribution in [1.82, 2.24) is 9.55 Å². The van der Waals surface area contributed by atoms with Crippen molar-refractivity contribution in [2.24, 2.45) is 0 Å². The molecule has 4 atom stereocenters. The third-order valence-corrected chi connectivity index (χ3v) is 4.70. The van der Waals surface area contributed by atoms with Gasteiger partial charge in [-0.3, -0.25) is 9.88 Å². The predicted octanol–water partition coefficient (Wildman–Crippen LogP) is 0.827. The highest BCUT2D eigenvalue weighted by Gasteiger charge is 2.42. The lowest BCUT2D eigenvalue weighted by atomic mass is 10.1. The minimum absolute atomic E-state index is 0.00419. The van der Waals surface area contributed by atoms with E-state index < -0.39 is 36.3 Å². The molecule has 9 nitrogen and oxygen atoms in total. The number of nitrogens with one attached hydrogen (secondary N) is 1. The molecule has 1 saturated heterocycles. The fourth-order valence-corrected chi connectivity index (χ4v) is 2.93. The molecule has 10 heteroatoms. The minimum Gasteiger partial charge on any atom is -0.448 e. The maximum absolute atomic E-state index is 12.3. The summed E-state index contributed by atoms with van der Waals surface area (Å²) in [6, 6.07) is 0. The predicted molar refractivity (Wildman–Crippen MR) is 98.2 cm³/mol. The summed E-state index contributed by atoms with van der Waals surface area (Å²) in [6.45, 7) is 7.46. The van der Waals surface area contributed by atoms with Crippen LogP contribution < -0.4 is 11.0 Å². The van der Waals surface area contributed by atoms with Gasteiger partial charge < -0.3 is 19.7 Å². The Labute approximate surface area is 155 Å². The van der Waals surface area contributed by atoms with Crippen LogP contribution in [-0.4, -0.2) is 62.3 Å². The van der Waals surface area contributed by atoms with Gasteiger partial charge in [0.15, 0.2) is 6.23 Å². The molecule has 26 heavy (non-hydrogen) atoms. The summed E-state index contributed by atoms with van der Waals surface area (Å²) in [4.78, 5) is 27.9. The molecule has 0 radical (unpaired) electrons. The molecule has 0 bridgehead atoms. The second kappa shape index (κ2) is 9.17. The van der Waals surface area contributed by atoms with Gasteiger partial charge in [0, 0.05) is 17.5 Å². The number of hydrogen-bond donors (Lipinski definition) is 3. The van der Waals surface area contributed by atoms with Crippen LogP contribution in [0.15, 0.2) is 17.6 Å². The van der Waals surface area contributed by atoms with Crippen LogP contribution in [0.4, 0.5) is 10.6 Å². The molecule has 1 amide bonds. The van der Waals surface area contributed by atoms with Crippen LogP contribution in [0.1, 0.15) is 25.6 Å². The number of nitrogens with zero attached hydrogens (tertiary/aromatic N) is 2. The molecule has 1 aliphatic heterocycles. The summed E-state index contributed by atoms with van der Waals surface area (Å²) in [5.74, 6) is 1.59. The SMILES string of the molecule is C=Cc1cn([C@@H]2O[C@H](C)C(O)C2O)c(=O)nc1NC(=O)OCCSCC. The monoisotopic (exact) mass is 385 g/mol. The van der Waals surface area contributed by atoms with Crippen molar-refractivity contribution in [3.8, 4) is 0 Å². The van der Waals surface area contributed by atoms with Crippen LogP contribution in [0.2, 0.25) is 0 Å². The Balaban J connectivity index is 2.15.